The number of hydrogen-bond donors (Lipinski definition) is 2. The molecule has 0 saturated carbocycles. The van der Waals surface area contributed by atoms with Gasteiger partial charge in [-0.25, -0.2) is 0 Å². The number of nitro groups is 1. The number of nitro benzene ring substituents is 1. The van der Waals surface area contributed by atoms with Gasteiger partial charge in [-0.15, -0.1) is 5.10 Å². The van der Waals surface area contributed by atoms with Gasteiger partial charge in [0.15, 0.2) is 5.75 Å². The van der Waals surface area contributed by atoms with Crippen LogP contribution in [0.25, 0.3) is 0 Å². The highest BCUT2D eigenvalue weighted by atomic mass is 16.6. The van der Waals surface area contributed by atoms with Crippen molar-refractivity contribution in [1.29, 1.82) is 5.26 Å². The van der Waals surface area contributed by atoms with Crippen molar-refractivity contribution in [2.45, 2.75) is 19.4 Å². The Hall–Kier alpha value is -4.26. The van der Waals surface area contributed by atoms with Gasteiger partial charge in [0, 0.05) is 11.8 Å². The summed E-state index contributed by atoms with van der Waals surface area (Å²) in [5.41, 5.74) is 7.34. The predicted molar refractivity (Wildman–Crippen MR) is 98.8 cm³/mol. The molecule has 0 fully saturated rings. The third kappa shape index (κ3) is 3.14. The number of hydrogen-bond acceptors (Lipinski definition) is 8. The predicted octanol–water partition coefficient (Wildman–Crippen LogP) is 3.02. The SMILES string of the molecule is Cc1[nH]nc2c1[C@H](c1ccc(COc3ccccc3[N+](=O)[O-])o1)C(C#N)=C(N)O2. The molecule has 0 amide bonds. The van der Waals surface area contributed by atoms with Gasteiger partial charge in [0.25, 0.3) is 0 Å². The van der Waals surface area contributed by atoms with Crippen molar-refractivity contribution in [3.63, 3.8) is 0 Å². The summed E-state index contributed by atoms with van der Waals surface area (Å²) in [6, 6.07) is 11.5. The molecular formula is C19H15N5O5. The smallest absolute Gasteiger partial charge is 0.310 e. The number of aryl methyl sites for hydroxylation is 1. The first-order chi connectivity index (χ1) is 14.0. The van der Waals surface area contributed by atoms with Crippen LogP contribution in [0.2, 0.25) is 0 Å². The zero-order valence-electron chi connectivity index (χ0n) is 15.2. The second-order valence-corrected chi connectivity index (χ2v) is 6.31. The van der Waals surface area contributed by atoms with Crippen molar-refractivity contribution in [1.82, 2.24) is 10.2 Å². The maximum atomic E-state index is 11.1. The van der Waals surface area contributed by atoms with Crippen molar-refractivity contribution in [2.75, 3.05) is 0 Å². The van der Waals surface area contributed by atoms with Gasteiger partial charge in [-0.3, -0.25) is 15.2 Å². The molecular weight excluding hydrogens is 378 g/mol. The summed E-state index contributed by atoms with van der Waals surface area (Å²) >= 11 is 0. The Bertz CT molecular complexity index is 1170. The average Bonchev–Trinajstić information content (AvgIpc) is 3.32. The second kappa shape index (κ2) is 7.05. The highest BCUT2D eigenvalue weighted by Gasteiger charge is 2.36. The lowest BCUT2D eigenvalue weighted by Crippen LogP contribution is -2.20. The Morgan fingerprint density at radius 2 is 2.17 bits per heavy atom. The molecule has 0 bridgehead atoms. The van der Waals surface area contributed by atoms with Crippen LogP contribution in [-0.4, -0.2) is 15.1 Å². The van der Waals surface area contributed by atoms with E-state index in [1.165, 1.54) is 12.1 Å². The van der Waals surface area contributed by atoms with Gasteiger partial charge in [-0.1, -0.05) is 12.1 Å². The monoisotopic (exact) mass is 393 g/mol. The van der Waals surface area contributed by atoms with Crippen LogP contribution < -0.4 is 15.2 Å². The molecule has 146 valence electrons. The van der Waals surface area contributed by atoms with Crippen LogP contribution in [0, 0.1) is 28.4 Å². The van der Waals surface area contributed by atoms with Crippen LogP contribution in [0.5, 0.6) is 11.6 Å². The number of nitrogens with two attached hydrogens (primary N) is 1. The molecule has 29 heavy (non-hydrogen) atoms. The molecule has 3 N–H and O–H groups in total. The van der Waals surface area contributed by atoms with Crippen molar-refractivity contribution in [3.8, 4) is 17.7 Å². The van der Waals surface area contributed by atoms with E-state index in [2.05, 4.69) is 16.3 Å². The first-order valence-electron chi connectivity index (χ1n) is 8.57. The van der Waals surface area contributed by atoms with Gasteiger partial charge in [0.05, 0.1) is 16.4 Å². The normalized spacial score (nSPS) is 15.4. The fraction of sp³-hybridized carbons (Fsp3) is 0.158. The van der Waals surface area contributed by atoms with Crippen molar-refractivity contribution in [3.05, 3.63) is 80.7 Å². The number of ether oxygens (including phenoxy) is 2. The molecule has 3 aromatic rings. The average molecular weight is 393 g/mol. The lowest BCUT2D eigenvalue weighted by atomic mass is 9.88. The molecule has 1 atom stereocenters. The van der Waals surface area contributed by atoms with Crippen LogP contribution in [0.3, 0.4) is 0 Å². The van der Waals surface area contributed by atoms with Gasteiger partial charge in [-0.2, -0.15) is 5.26 Å². The van der Waals surface area contributed by atoms with Gasteiger partial charge in [-0.05, 0) is 25.1 Å². The Kier molecular flexibility index (Phi) is 4.40. The standard InChI is InChI=1S/C19H15N5O5/c1-10-16-17(12(8-20)18(21)29-19(16)23-22-10)15-7-6-11(28-15)9-27-14-5-3-2-4-13(14)24(25)26/h2-7,17H,9,21H2,1H3,(H,22,23)/t17-/m0/s1. The van der Waals surface area contributed by atoms with Crippen LogP contribution in [0.15, 0.2) is 52.3 Å². The Morgan fingerprint density at radius 1 is 1.38 bits per heavy atom. The van der Waals surface area contributed by atoms with Gasteiger partial charge in [0.1, 0.15) is 29.8 Å². The maximum Gasteiger partial charge on any atom is 0.310 e. The molecule has 0 saturated heterocycles. The number of aromatic nitrogens is 2. The number of nitrogens with zero attached hydrogens (tertiary/aromatic N) is 3. The number of nitriles is 1. The Balaban J connectivity index is 1.62. The minimum absolute atomic E-state index is 0.0214. The summed E-state index contributed by atoms with van der Waals surface area (Å²) in [5.74, 6) is 0.699. The number of allylic oxidation sites excluding steroid dienone is 1. The van der Waals surface area contributed by atoms with Crippen LogP contribution in [0.4, 0.5) is 5.69 Å². The number of fused-ring (bicyclic) bond motifs is 1. The number of nitrogens with one attached hydrogen (secondary N) is 1. The fourth-order valence-electron chi connectivity index (χ4n) is 3.19. The molecule has 1 aromatic carbocycles. The number of aromatic amines is 1. The molecule has 0 spiro atoms. The Labute approximate surface area is 164 Å². The van der Waals surface area contributed by atoms with E-state index >= 15 is 0 Å². The number of benzene rings is 1. The van der Waals surface area contributed by atoms with E-state index in [-0.39, 0.29) is 35.4 Å². The largest absolute Gasteiger partial charge is 0.479 e. The zero-order chi connectivity index (χ0) is 20.5. The third-order valence-electron chi connectivity index (χ3n) is 4.53. The van der Waals surface area contributed by atoms with E-state index in [4.69, 9.17) is 19.6 Å². The highest BCUT2D eigenvalue weighted by molar-refractivity contribution is 5.53. The summed E-state index contributed by atoms with van der Waals surface area (Å²) < 4.78 is 16.8. The van der Waals surface area contributed by atoms with E-state index in [1.54, 1.807) is 31.2 Å². The molecule has 10 heteroatoms. The van der Waals surface area contributed by atoms with Gasteiger partial charge in [0.2, 0.25) is 11.8 Å². The summed E-state index contributed by atoms with van der Waals surface area (Å²) in [4.78, 5) is 10.6. The minimum Gasteiger partial charge on any atom is -0.479 e. The summed E-state index contributed by atoms with van der Waals surface area (Å²) in [6.45, 7) is 1.78. The molecule has 0 unspecified atom stereocenters. The van der Waals surface area contributed by atoms with Crippen LogP contribution in [-0.2, 0) is 6.61 Å². The van der Waals surface area contributed by atoms with Crippen molar-refractivity contribution < 1.29 is 18.8 Å². The molecule has 1 aliphatic heterocycles. The summed E-state index contributed by atoms with van der Waals surface area (Å²) in [5, 5.41) is 27.5. The molecule has 4 rings (SSSR count). The lowest BCUT2D eigenvalue weighted by Gasteiger charge is -2.21. The van der Waals surface area contributed by atoms with E-state index < -0.39 is 10.8 Å². The highest BCUT2D eigenvalue weighted by Crippen LogP contribution is 2.43. The summed E-state index contributed by atoms with van der Waals surface area (Å²) in [6.07, 6.45) is 0. The van der Waals surface area contributed by atoms with E-state index in [0.717, 1.165) is 5.69 Å². The van der Waals surface area contributed by atoms with E-state index in [1.807, 2.05) is 0 Å². The quantitative estimate of drug-likeness (QED) is 0.495. The third-order valence-corrected chi connectivity index (χ3v) is 4.53. The zero-order valence-corrected chi connectivity index (χ0v) is 15.2. The molecule has 3 heterocycles. The number of para-hydroxylation sites is 2. The molecule has 2 aromatic heterocycles. The number of H-pyrrole nitrogens is 1. The lowest BCUT2D eigenvalue weighted by molar-refractivity contribution is -0.386. The topological polar surface area (TPSA) is 153 Å². The number of rotatable bonds is 5. The fourth-order valence-corrected chi connectivity index (χ4v) is 3.19. The first kappa shape index (κ1) is 18.1. The van der Waals surface area contributed by atoms with Crippen LogP contribution in [0.1, 0.15) is 28.7 Å². The Morgan fingerprint density at radius 3 is 2.93 bits per heavy atom. The first-order valence-corrected chi connectivity index (χ1v) is 8.57. The van der Waals surface area contributed by atoms with Crippen LogP contribution >= 0.6 is 0 Å². The van der Waals surface area contributed by atoms with Crippen molar-refractivity contribution >= 4 is 5.69 Å². The second-order valence-electron chi connectivity index (χ2n) is 6.31. The number of furan rings is 1. The molecule has 10 nitrogen and oxygen atoms in total. The summed E-state index contributed by atoms with van der Waals surface area (Å²) in [7, 11) is 0. The molecule has 0 aliphatic carbocycles. The molecule has 1 aliphatic rings. The minimum atomic E-state index is -0.581. The maximum absolute atomic E-state index is 11.1. The van der Waals surface area contributed by atoms with Gasteiger partial charge < -0.3 is 19.6 Å². The van der Waals surface area contributed by atoms with Gasteiger partial charge >= 0.3 is 5.69 Å². The van der Waals surface area contributed by atoms with E-state index in [0.29, 0.717) is 17.1 Å². The van der Waals surface area contributed by atoms with E-state index in [9.17, 15) is 15.4 Å². The van der Waals surface area contributed by atoms with Crippen molar-refractivity contribution in [2.24, 2.45) is 5.73 Å². The molecule has 0 radical (unpaired) electrons.